The number of halogens is 8. The molecule has 48 heavy (non-hydrogen) atoms. The molecular formula is C30H15Cl8N3O7. The molecule has 2 fully saturated rings. The molecule has 10 nitrogen and oxygen atoms in total. The molecular weight excluding hydrogens is 798 g/mol. The van der Waals surface area contributed by atoms with E-state index in [0.29, 0.717) is 15.8 Å². The Balaban J connectivity index is 1.33. The molecule has 0 aromatic heterocycles. The number of allylic oxidation sites excluding steroid dienone is 2. The van der Waals surface area contributed by atoms with Crippen LogP contribution in [0.2, 0.25) is 10.0 Å². The number of nitrogens with zero attached hydrogens (tertiary/aromatic N) is 3. The van der Waals surface area contributed by atoms with E-state index in [1.165, 1.54) is 66.7 Å². The van der Waals surface area contributed by atoms with Crippen molar-refractivity contribution < 1.29 is 28.8 Å². The van der Waals surface area contributed by atoms with Gasteiger partial charge < -0.3 is 4.74 Å². The van der Waals surface area contributed by atoms with Crippen LogP contribution >= 0.6 is 92.8 Å². The summed E-state index contributed by atoms with van der Waals surface area (Å²) < 4.78 is 3.47. The third kappa shape index (κ3) is 4.99. The Morgan fingerprint density at radius 1 is 0.812 bits per heavy atom. The molecule has 2 aliphatic carbocycles. The van der Waals surface area contributed by atoms with Gasteiger partial charge in [0.1, 0.15) is 27.8 Å². The smallest absolute Gasteiger partial charge is 0.274 e. The van der Waals surface area contributed by atoms with Gasteiger partial charge in [-0.15, -0.1) is 23.2 Å². The van der Waals surface area contributed by atoms with E-state index in [2.05, 4.69) is 0 Å². The molecule has 18 heteroatoms. The van der Waals surface area contributed by atoms with Gasteiger partial charge in [-0.05, 0) is 54.6 Å². The lowest BCUT2D eigenvalue weighted by Crippen LogP contribution is -2.56. The highest BCUT2D eigenvalue weighted by molar-refractivity contribution is 6.66. The molecule has 2 bridgehead atoms. The number of amides is 3. The first-order chi connectivity index (χ1) is 22.5. The molecule has 0 unspecified atom stereocenters. The predicted octanol–water partition coefficient (Wildman–Crippen LogP) is 8.38. The van der Waals surface area contributed by atoms with Crippen molar-refractivity contribution >= 4 is 122 Å². The summed E-state index contributed by atoms with van der Waals surface area (Å²) in [4.78, 5) is 61.9. The van der Waals surface area contributed by atoms with Gasteiger partial charge in [0, 0.05) is 22.7 Å². The first-order valence-corrected chi connectivity index (χ1v) is 16.5. The SMILES string of the molecule is O=C(CN(C(=O)c1ccc(Cl)cc1Cl)N1C(=O)[C@@H]2[C@H](C1=O)[C@@]1(Cl)C(Cl)=C(Cl)[C@@]2(Cl)C1(Cl)Cl)c1ccc(Oc2ccc([N+](=O)[O-])cc2)cc1. The summed E-state index contributed by atoms with van der Waals surface area (Å²) >= 11 is 51.9. The minimum atomic E-state index is -2.22. The van der Waals surface area contributed by atoms with Crippen LogP contribution < -0.4 is 4.74 Å². The van der Waals surface area contributed by atoms with E-state index in [1.807, 2.05) is 0 Å². The van der Waals surface area contributed by atoms with E-state index < -0.39 is 60.9 Å². The summed E-state index contributed by atoms with van der Waals surface area (Å²) in [5, 5.41) is 11.4. The fourth-order valence-electron chi connectivity index (χ4n) is 5.96. The molecule has 1 heterocycles. The van der Waals surface area contributed by atoms with Gasteiger partial charge in [-0.1, -0.05) is 69.6 Å². The van der Waals surface area contributed by atoms with Gasteiger partial charge in [0.2, 0.25) is 0 Å². The van der Waals surface area contributed by atoms with Crippen LogP contribution in [-0.2, 0) is 9.59 Å². The van der Waals surface area contributed by atoms with E-state index in [4.69, 9.17) is 97.5 Å². The second-order valence-corrected chi connectivity index (χ2v) is 15.0. The van der Waals surface area contributed by atoms with Gasteiger partial charge in [0.05, 0.1) is 37.4 Å². The van der Waals surface area contributed by atoms with Crippen molar-refractivity contribution in [1.82, 2.24) is 10.0 Å². The summed E-state index contributed by atoms with van der Waals surface area (Å²) in [5.41, 5.74) is -0.259. The monoisotopic (exact) mass is 809 g/mol. The molecule has 4 atom stereocenters. The van der Waals surface area contributed by atoms with E-state index in [0.717, 1.165) is 0 Å². The first-order valence-electron chi connectivity index (χ1n) is 13.5. The molecule has 1 saturated heterocycles. The van der Waals surface area contributed by atoms with Gasteiger partial charge in [0.15, 0.2) is 10.1 Å². The number of Topliss-reactive ketones (excluding diaryl/α,β-unsaturated/α-hetero) is 1. The second-order valence-electron chi connectivity index (χ2n) is 10.9. The third-order valence-electron chi connectivity index (χ3n) is 8.28. The van der Waals surface area contributed by atoms with E-state index in [-0.39, 0.29) is 42.7 Å². The number of hydrogen-bond acceptors (Lipinski definition) is 7. The van der Waals surface area contributed by atoms with E-state index in [1.54, 1.807) is 0 Å². The van der Waals surface area contributed by atoms with Crippen molar-refractivity contribution in [2.45, 2.75) is 14.1 Å². The molecule has 3 aliphatic rings. The molecule has 0 spiro atoms. The topological polar surface area (TPSA) is 127 Å². The number of nitro groups is 1. The Bertz CT molecular complexity index is 1930. The molecule has 3 aromatic carbocycles. The van der Waals surface area contributed by atoms with Crippen molar-refractivity contribution in [3.63, 3.8) is 0 Å². The number of rotatable bonds is 8. The molecule has 0 radical (unpaired) electrons. The predicted molar refractivity (Wildman–Crippen MR) is 181 cm³/mol. The standard InChI is InChI=1S/C30H15Cl8N3O7/c31-14-3-10-18(19(32)11-14)25(43)39(12-20(42)13-1-6-16(7-2-13)48-17-8-4-15(5-9-17)41(46)47)40-26(44)21-22(27(40)45)29(36)24(34)23(33)28(21,35)30(29,37)38/h1-11,21-22H,12H2/t21-,22+,28-,29-/m1/s1. The lowest BCUT2D eigenvalue weighted by molar-refractivity contribution is -0.384. The van der Waals surface area contributed by atoms with E-state index in [9.17, 15) is 29.3 Å². The zero-order chi connectivity index (χ0) is 35.1. The summed E-state index contributed by atoms with van der Waals surface area (Å²) in [6, 6.07) is 14.9. The number of fused-ring (bicyclic) bond motifs is 5. The zero-order valence-corrected chi connectivity index (χ0v) is 29.5. The highest BCUT2D eigenvalue weighted by Gasteiger charge is 2.88. The van der Waals surface area contributed by atoms with Crippen LogP contribution in [0.25, 0.3) is 0 Å². The lowest BCUT2D eigenvalue weighted by atomic mass is 9.84. The Morgan fingerprint density at radius 2 is 1.31 bits per heavy atom. The number of alkyl halides is 4. The minimum absolute atomic E-state index is 0.0568. The highest BCUT2D eigenvalue weighted by Crippen LogP contribution is 2.77. The Kier molecular flexibility index (Phi) is 8.91. The quantitative estimate of drug-likeness (QED) is 0.0736. The molecule has 1 aliphatic heterocycles. The molecule has 3 amide bonds. The zero-order valence-electron chi connectivity index (χ0n) is 23.4. The van der Waals surface area contributed by atoms with Crippen LogP contribution in [0.1, 0.15) is 20.7 Å². The van der Waals surface area contributed by atoms with Crippen molar-refractivity contribution in [3.05, 3.63) is 108 Å². The normalized spacial score (nSPS) is 25.4. The fourth-order valence-corrected chi connectivity index (χ4v) is 9.38. The number of nitro benzene ring substituents is 1. The van der Waals surface area contributed by atoms with Gasteiger partial charge in [0.25, 0.3) is 23.4 Å². The van der Waals surface area contributed by atoms with Crippen LogP contribution in [0.4, 0.5) is 5.69 Å². The third-order valence-corrected chi connectivity index (χ3v) is 13.1. The van der Waals surface area contributed by atoms with Gasteiger partial charge in [-0.3, -0.25) is 29.3 Å². The largest absolute Gasteiger partial charge is 0.457 e. The second kappa shape index (κ2) is 12.2. The fraction of sp³-hybridized carbons (Fsp3) is 0.200. The van der Waals surface area contributed by atoms with Gasteiger partial charge in [-0.2, -0.15) is 5.01 Å². The number of ether oxygens (including phenoxy) is 1. The van der Waals surface area contributed by atoms with Crippen molar-refractivity contribution in [2.75, 3.05) is 6.54 Å². The molecule has 3 aromatic rings. The van der Waals surface area contributed by atoms with E-state index >= 15 is 0 Å². The molecule has 1 saturated carbocycles. The Hall–Kier alpha value is -2.80. The summed E-state index contributed by atoms with van der Waals surface area (Å²) in [7, 11) is 0. The van der Waals surface area contributed by atoms with Crippen LogP contribution in [0.3, 0.4) is 0 Å². The first kappa shape index (κ1) is 35.0. The number of carbonyl (C=O) groups is 4. The van der Waals surface area contributed by atoms with Crippen LogP contribution in [0.5, 0.6) is 11.5 Å². The Morgan fingerprint density at radius 3 is 1.79 bits per heavy atom. The van der Waals surface area contributed by atoms with Crippen LogP contribution in [0, 0.1) is 22.0 Å². The van der Waals surface area contributed by atoms with Crippen molar-refractivity contribution in [1.29, 1.82) is 0 Å². The van der Waals surface area contributed by atoms with Gasteiger partial charge >= 0.3 is 0 Å². The molecule has 248 valence electrons. The minimum Gasteiger partial charge on any atom is -0.457 e. The average molecular weight is 813 g/mol. The summed E-state index contributed by atoms with van der Waals surface area (Å²) in [6.45, 7) is -0.844. The maximum Gasteiger partial charge on any atom is 0.274 e. The van der Waals surface area contributed by atoms with Crippen molar-refractivity contribution in [2.24, 2.45) is 11.8 Å². The van der Waals surface area contributed by atoms with Gasteiger partial charge in [-0.25, -0.2) is 5.01 Å². The Labute approximate surface area is 311 Å². The number of non-ortho nitro benzene ring substituents is 1. The number of carbonyl (C=O) groups excluding carboxylic acids is 4. The number of benzene rings is 3. The molecule has 6 rings (SSSR count). The number of ketones is 1. The summed E-state index contributed by atoms with van der Waals surface area (Å²) in [6.07, 6.45) is 0. The van der Waals surface area contributed by atoms with Crippen molar-refractivity contribution in [3.8, 4) is 11.5 Å². The number of imide groups is 1. The summed E-state index contributed by atoms with van der Waals surface area (Å²) in [5.74, 6) is -6.42. The average Bonchev–Trinajstić information content (AvgIpc) is 3.42. The highest BCUT2D eigenvalue weighted by atomic mass is 35.5. The molecule has 0 N–H and O–H groups in total. The maximum absolute atomic E-state index is 14.1. The van der Waals surface area contributed by atoms with Crippen LogP contribution in [0.15, 0.2) is 76.8 Å². The maximum atomic E-state index is 14.1. The van der Waals surface area contributed by atoms with Crippen LogP contribution in [-0.4, -0.2) is 59.1 Å². The lowest BCUT2D eigenvalue weighted by Gasteiger charge is -2.36. The number of hydrazine groups is 1. The number of hydrogen-bond donors (Lipinski definition) is 0.